The third-order valence-corrected chi connectivity index (χ3v) is 4.22. The van der Waals surface area contributed by atoms with Crippen molar-refractivity contribution < 1.29 is 18.7 Å². The smallest absolute Gasteiger partial charge is 0.291 e. The van der Waals surface area contributed by atoms with Crippen molar-refractivity contribution in [2.45, 2.75) is 13.0 Å². The molecule has 0 aliphatic carbocycles. The molecule has 1 saturated heterocycles. The van der Waals surface area contributed by atoms with E-state index >= 15 is 0 Å². The van der Waals surface area contributed by atoms with Gasteiger partial charge in [0.2, 0.25) is 11.7 Å². The molecular weight excluding hydrogens is 310 g/mol. The second kappa shape index (κ2) is 6.74. The van der Waals surface area contributed by atoms with E-state index in [4.69, 9.17) is 9.15 Å². The van der Waals surface area contributed by atoms with Crippen LogP contribution in [0, 0.1) is 0 Å². The fraction of sp³-hybridized carbons (Fsp3) is 0.353. The van der Waals surface area contributed by atoms with Crippen molar-refractivity contribution in [1.29, 1.82) is 0 Å². The zero-order chi connectivity index (χ0) is 17.1. The Morgan fingerprint density at radius 2 is 2.00 bits per heavy atom. The van der Waals surface area contributed by atoms with Crippen LogP contribution in [-0.4, -0.2) is 53.3 Å². The molecule has 0 radical (unpaired) electrons. The van der Waals surface area contributed by atoms with Crippen LogP contribution in [0.3, 0.4) is 0 Å². The van der Waals surface area contributed by atoms with Crippen molar-refractivity contribution in [1.82, 2.24) is 14.8 Å². The van der Waals surface area contributed by atoms with Gasteiger partial charge in [0.1, 0.15) is 5.75 Å². The minimum absolute atomic E-state index is 0.0115. The average molecular weight is 329 g/mol. The van der Waals surface area contributed by atoms with Crippen molar-refractivity contribution in [3.05, 3.63) is 48.2 Å². The van der Waals surface area contributed by atoms with Crippen LogP contribution in [-0.2, 0) is 4.79 Å². The molecule has 1 aliphatic heterocycles. The number of hydrogen-bond acceptors (Lipinski definition) is 5. The van der Waals surface area contributed by atoms with Gasteiger partial charge in [-0.05, 0) is 17.7 Å². The Kier molecular flexibility index (Phi) is 4.50. The maximum atomic E-state index is 12.5. The third kappa shape index (κ3) is 3.10. The molecule has 7 nitrogen and oxygen atoms in total. The van der Waals surface area contributed by atoms with E-state index in [1.165, 1.54) is 12.6 Å². The predicted molar refractivity (Wildman–Crippen MR) is 85.5 cm³/mol. The van der Waals surface area contributed by atoms with Gasteiger partial charge in [-0.2, -0.15) is 0 Å². The molecule has 1 aliphatic rings. The fourth-order valence-corrected chi connectivity index (χ4v) is 2.93. The lowest BCUT2D eigenvalue weighted by Gasteiger charge is -2.41. The summed E-state index contributed by atoms with van der Waals surface area (Å²) in [5.41, 5.74) is 0.959. The number of nitrogens with zero attached hydrogens (tertiary/aromatic N) is 3. The lowest BCUT2D eigenvalue weighted by Crippen LogP contribution is -2.51. The van der Waals surface area contributed by atoms with Crippen LogP contribution < -0.4 is 4.74 Å². The minimum atomic E-state index is -0.214. The summed E-state index contributed by atoms with van der Waals surface area (Å²) in [7, 11) is 1.61. The molecule has 2 heterocycles. The molecule has 1 atom stereocenters. The number of rotatable bonds is 3. The molecule has 0 spiro atoms. The van der Waals surface area contributed by atoms with Crippen LogP contribution in [0.2, 0.25) is 0 Å². The molecule has 126 valence electrons. The van der Waals surface area contributed by atoms with E-state index in [1.54, 1.807) is 23.8 Å². The molecule has 0 saturated carbocycles. The highest BCUT2D eigenvalue weighted by atomic mass is 16.5. The van der Waals surface area contributed by atoms with E-state index in [-0.39, 0.29) is 23.6 Å². The largest absolute Gasteiger partial charge is 0.497 e. The Balaban J connectivity index is 1.84. The number of hydrogen-bond donors (Lipinski definition) is 0. The van der Waals surface area contributed by atoms with E-state index in [1.807, 2.05) is 24.3 Å². The molecule has 2 aromatic rings. The van der Waals surface area contributed by atoms with E-state index in [0.29, 0.717) is 19.6 Å². The lowest BCUT2D eigenvalue weighted by molar-refractivity contribution is -0.133. The quantitative estimate of drug-likeness (QED) is 0.857. The topological polar surface area (TPSA) is 75.9 Å². The van der Waals surface area contributed by atoms with Gasteiger partial charge in [0.15, 0.2) is 6.39 Å². The monoisotopic (exact) mass is 329 g/mol. The number of amides is 2. The van der Waals surface area contributed by atoms with Crippen LogP contribution >= 0.6 is 0 Å². The molecular formula is C17H19N3O4. The first kappa shape index (κ1) is 16.0. The maximum absolute atomic E-state index is 12.5. The van der Waals surface area contributed by atoms with Crippen molar-refractivity contribution >= 4 is 11.8 Å². The summed E-state index contributed by atoms with van der Waals surface area (Å²) >= 11 is 0. The molecule has 0 unspecified atom stereocenters. The van der Waals surface area contributed by atoms with E-state index in [2.05, 4.69) is 4.98 Å². The van der Waals surface area contributed by atoms with Gasteiger partial charge in [-0.1, -0.05) is 12.1 Å². The molecule has 1 aromatic carbocycles. The molecule has 0 N–H and O–H groups in total. The van der Waals surface area contributed by atoms with Crippen molar-refractivity contribution in [3.63, 3.8) is 0 Å². The normalized spacial score (nSPS) is 17.7. The number of aromatic nitrogens is 1. The first-order valence-corrected chi connectivity index (χ1v) is 7.69. The fourth-order valence-electron chi connectivity index (χ4n) is 2.93. The first-order chi connectivity index (χ1) is 11.6. The number of piperazine rings is 1. The van der Waals surface area contributed by atoms with Crippen molar-refractivity contribution in [3.8, 4) is 5.75 Å². The summed E-state index contributed by atoms with van der Waals surface area (Å²) in [6, 6.07) is 7.34. The number of methoxy groups -OCH3 is 1. The zero-order valence-corrected chi connectivity index (χ0v) is 13.6. The van der Waals surface area contributed by atoms with E-state index < -0.39 is 0 Å². The Morgan fingerprint density at radius 3 is 2.58 bits per heavy atom. The molecule has 0 bridgehead atoms. The van der Waals surface area contributed by atoms with Gasteiger partial charge in [-0.25, -0.2) is 4.98 Å². The zero-order valence-electron chi connectivity index (χ0n) is 13.6. The molecule has 1 fully saturated rings. The number of oxazole rings is 1. The summed E-state index contributed by atoms with van der Waals surface area (Å²) in [4.78, 5) is 31.7. The molecule has 24 heavy (non-hydrogen) atoms. The standard InChI is InChI=1S/C17H19N3O4/c1-12(21)20-8-7-19(17(22)16-9-18-11-24-16)10-15(20)13-3-5-14(23-2)6-4-13/h3-6,9,11,15H,7-8,10H2,1-2H3/t15-/m0/s1. The van der Waals surface area contributed by atoms with Gasteiger partial charge in [0, 0.05) is 26.6 Å². The summed E-state index contributed by atoms with van der Waals surface area (Å²) < 4.78 is 10.3. The van der Waals surface area contributed by atoms with E-state index in [9.17, 15) is 9.59 Å². The van der Waals surface area contributed by atoms with Crippen LogP contribution in [0.1, 0.15) is 29.1 Å². The van der Waals surface area contributed by atoms with Gasteiger partial charge in [-0.3, -0.25) is 9.59 Å². The number of ether oxygens (including phenoxy) is 1. The lowest BCUT2D eigenvalue weighted by atomic mass is 10.0. The van der Waals surface area contributed by atoms with Crippen LogP contribution in [0.4, 0.5) is 0 Å². The summed E-state index contributed by atoms with van der Waals surface area (Å²) in [5.74, 6) is 0.732. The summed E-state index contributed by atoms with van der Waals surface area (Å²) in [6.07, 6.45) is 2.64. The average Bonchev–Trinajstić information content (AvgIpc) is 3.15. The van der Waals surface area contributed by atoms with Crippen LogP contribution in [0.5, 0.6) is 5.75 Å². The molecule has 1 aromatic heterocycles. The Morgan fingerprint density at radius 1 is 1.25 bits per heavy atom. The van der Waals surface area contributed by atoms with Gasteiger partial charge in [-0.15, -0.1) is 0 Å². The van der Waals surface area contributed by atoms with Crippen LogP contribution in [0.25, 0.3) is 0 Å². The second-order valence-corrected chi connectivity index (χ2v) is 5.62. The summed E-state index contributed by atoms with van der Waals surface area (Å²) in [6.45, 7) is 2.90. The predicted octanol–water partition coefficient (Wildman–Crippen LogP) is 1.73. The minimum Gasteiger partial charge on any atom is -0.497 e. The highest BCUT2D eigenvalue weighted by Crippen LogP contribution is 2.28. The van der Waals surface area contributed by atoms with Gasteiger partial charge < -0.3 is 19.0 Å². The first-order valence-electron chi connectivity index (χ1n) is 7.69. The highest BCUT2D eigenvalue weighted by Gasteiger charge is 2.33. The molecule has 3 rings (SSSR count). The number of carbonyl (C=O) groups excluding carboxylic acids is 2. The number of benzene rings is 1. The SMILES string of the molecule is COc1ccc([C@@H]2CN(C(=O)c3cnco3)CCN2C(C)=O)cc1. The molecule has 7 heteroatoms. The number of carbonyl (C=O) groups is 2. The van der Waals surface area contributed by atoms with E-state index in [0.717, 1.165) is 11.3 Å². The van der Waals surface area contributed by atoms with Gasteiger partial charge in [0.25, 0.3) is 5.91 Å². The molecule has 2 amide bonds. The second-order valence-electron chi connectivity index (χ2n) is 5.62. The Hall–Kier alpha value is -2.83. The third-order valence-electron chi connectivity index (χ3n) is 4.22. The van der Waals surface area contributed by atoms with Gasteiger partial charge in [0.05, 0.1) is 19.3 Å². The summed E-state index contributed by atoms with van der Waals surface area (Å²) in [5, 5.41) is 0. The van der Waals surface area contributed by atoms with Crippen LogP contribution in [0.15, 0.2) is 41.3 Å². The highest BCUT2D eigenvalue weighted by molar-refractivity contribution is 5.91. The Labute approximate surface area is 139 Å². The van der Waals surface area contributed by atoms with Crippen molar-refractivity contribution in [2.24, 2.45) is 0 Å². The Bertz CT molecular complexity index is 712. The maximum Gasteiger partial charge on any atom is 0.291 e. The van der Waals surface area contributed by atoms with Crippen molar-refractivity contribution in [2.75, 3.05) is 26.7 Å². The van der Waals surface area contributed by atoms with Gasteiger partial charge >= 0.3 is 0 Å².